The lowest BCUT2D eigenvalue weighted by Crippen LogP contribution is -2.54. The molecule has 170 valence electrons. The van der Waals surface area contributed by atoms with Crippen LogP contribution in [0.15, 0.2) is 0 Å². The van der Waals surface area contributed by atoms with Crippen LogP contribution in [0.4, 0.5) is 0 Å². The monoisotopic (exact) mass is 432 g/mol. The molecule has 0 saturated carbocycles. The smallest absolute Gasteiger partial charge is 0.326 e. The van der Waals surface area contributed by atoms with Crippen LogP contribution >= 0.6 is 0 Å². The fourth-order valence-electron chi connectivity index (χ4n) is 2.30. The van der Waals surface area contributed by atoms with Gasteiger partial charge in [0.1, 0.15) is 12.1 Å². The molecule has 0 fully saturated rings. The summed E-state index contributed by atoms with van der Waals surface area (Å²) in [5, 5.41) is 32.8. The average Bonchev–Trinajstić information content (AvgIpc) is 2.61. The highest BCUT2D eigenvalue weighted by Gasteiger charge is 2.26. The van der Waals surface area contributed by atoms with Crippen molar-refractivity contribution in [3.8, 4) is 0 Å². The summed E-state index contributed by atoms with van der Waals surface area (Å²) >= 11 is 0. The predicted molar refractivity (Wildman–Crippen MR) is 101 cm³/mol. The standard InChI is InChI=1S/C17H28N4O9/c1-8(2)5-10(21-15(27)9(18)3-4-13(23)24)16(28)19-7-12(22)20-11(17(29)30)6-14(25)26/h8-11H,3-7,18H2,1-2H3,(H,19,28)(H,20,22)(H,21,27)(H,23,24)(H,25,26)(H,29,30). The molecule has 0 rings (SSSR count). The molecule has 0 aromatic rings. The fourth-order valence-corrected chi connectivity index (χ4v) is 2.30. The highest BCUT2D eigenvalue weighted by molar-refractivity contribution is 5.93. The van der Waals surface area contributed by atoms with Gasteiger partial charge in [0, 0.05) is 6.42 Å². The van der Waals surface area contributed by atoms with Gasteiger partial charge in [-0.15, -0.1) is 0 Å². The molecular weight excluding hydrogens is 404 g/mol. The van der Waals surface area contributed by atoms with Crippen molar-refractivity contribution < 1.29 is 44.1 Å². The average molecular weight is 432 g/mol. The number of carbonyl (C=O) groups excluding carboxylic acids is 3. The van der Waals surface area contributed by atoms with Crippen LogP contribution in [0, 0.1) is 5.92 Å². The highest BCUT2D eigenvalue weighted by Crippen LogP contribution is 2.06. The van der Waals surface area contributed by atoms with Crippen LogP contribution in [0.5, 0.6) is 0 Å². The maximum atomic E-state index is 12.4. The minimum Gasteiger partial charge on any atom is -0.481 e. The molecular formula is C17H28N4O9. The first-order valence-electron chi connectivity index (χ1n) is 9.12. The normalized spacial score (nSPS) is 13.6. The zero-order valence-corrected chi connectivity index (χ0v) is 16.7. The third-order valence-corrected chi connectivity index (χ3v) is 3.78. The largest absolute Gasteiger partial charge is 0.481 e. The predicted octanol–water partition coefficient (Wildman–Crippen LogP) is -2.13. The molecule has 0 spiro atoms. The molecule has 13 nitrogen and oxygen atoms in total. The maximum Gasteiger partial charge on any atom is 0.326 e. The van der Waals surface area contributed by atoms with Crippen molar-refractivity contribution in [1.82, 2.24) is 16.0 Å². The fraction of sp³-hybridized carbons (Fsp3) is 0.647. The number of nitrogens with two attached hydrogens (primary N) is 1. The number of carboxylic acids is 3. The van der Waals surface area contributed by atoms with E-state index in [0.29, 0.717) is 0 Å². The minimum absolute atomic E-state index is 0.0305. The molecule has 30 heavy (non-hydrogen) atoms. The molecule has 3 unspecified atom stereocenters. The maximum absolute atomic E-state index is 12.4. The topological polar surface area (TPSA) is 225 Å². The van der Waals surface area contributed by atoms with Crippen LogP contribution in [0.2, 0.25) is 0 Å². The first kappa shape index (κ1) is 26.8. The first-order chi connectivity index (χ1) is 13.8. The summed E-state index contributed by atoms with van der Waals surface area (Å²) in [5.41, 5.74) is 5.62. The van der Waals surface area contributed by atoms with Gasteiger partial charge >= 0.3 is 17.9 Å². The van der Waals surface area contributed by atoms with E-state index < -0.39 is 66.7 Å². The lowest BCUT2D eigenvalue weighted by Gasteiger charge is -2.22. The van der Waals surface area contributed by atoms with Gasteiger partial charge < -0.3 is 37.0 Å². The van der Waals surface area contributed by atoms with E-state index in [2.05, 4.69) is 10.6 Å². The van der Waals surface area contributed by atoms with Crippen molar-refractivity contribution in [2.75, 3.05) is 6.54 Å². The molecule has 13 heteroatoms. The zero-order valence-electron chi connectivity index (χ0n) is 16.7. The highest BCUT2D eigenvalue weighted by atomic mass is 16.4. The Kier molecular flexibility index (Phi) is 11.7. The summed E-state index contributed by atoms with van der Waals surface area (Å²) in [6.07, 6.45) is -1.09. The van der Waals surface area contributed by atoms with E-state index in [-0.39, 0.29) is 25.2 Å². The zero-order chi connectivity index (χ0) is 23.4. The van der Waals surface area contributed by atoms with E-state index in [4.69, 9.17) is 21.1 Å². The summed E-state index contributed by atoms with van der Waals surface area (Å²) in [6, 6.07) is -3.86. The van der Waals surface area contributed by atoms with Gasteiger partial charge in [0.25, 0.3) is 0 Å². The van der Waals surface area contributed by atoms with Crippen LogP contribution in [0.3, 0.4) is 0 Å². The Hall–Kier alpha value is -3.22. The van der Waals surface area contributed by atoms with Gasteiger partial charge in [-0.1, -0.05) is 13.8 Å². The number of hydrogen-bond donors (Lipinski definition) is 7. The lowest BCUT2D eigenvalue weighted by atomic mass is 10.0. The van der Waals surface area contributed by atoms with Crippen molar-refractivity contribution in [2.45, 2.75) is 57.7 Å². The van der Waals surface area contributed by atoms with Gasteiger partial charge in [-0.3, -0.25) is 24.0 Å². The lowest BCUT2D eigenvalue weighted by molar-refractivity contribution is -0.147. The second-order valence-electron chi connectivity index (χ2n) is 7.00. The van der Waals surface area contributed by atoms with Crippen LogP contribution in [0.1, 0.15) is 39.5 Å². The number of rotatable bonds is 14. The van der Waals surface area contributed by atoms with Gasteiger partial charge in [-0.25, -0.2) is 4.79 Å². The first-order valence-corrected chi connectivity index (χ1v) is 9.12. The van der Waals surface area contributed by atoms with Crippen molar-refractivity contribution in [3.05, 3.63) is 0 Å². The van der Waals surface area contributed by atoms with Crippen molar-refractivity contribution in [2.24, 2.45) is 11.7 Å². The number of nitrogens with one attached hydrogen (secondary N) is 3. The molecule has 0 aromatic carbocycles. The van der Waals surface area contributed by atoms with E-state index in [1.54, 1.807) is 13.8 Å². The molecule has 0 aliphatic carbocycles. The molecule has 0 radical (unpaired) electrons. The summed E-state index contributed by atoms with van der Waals surface area (Å²) < 4.78 is 0. The molecule has 0 aliphatic heterocycles. The van der Waals surface area contributed by atoms with Crippen molar-refractivity contribution in [1.29, 1.82) is 0 Å². The minimum atomic E-state index is -1.66. The number of carboxylic acid groups (broad SMARTS) is 3. The number of aliphatic carboxylic acids is 3. The quantitative estimate of drug-likeness (QED) is 0.158. The van der Waals surface area contributed by atoms with E-state index in [9.17, 15) is 28.8 Å². The van der Waals surface area contributed by atoms with Crippen molar-refractivity contribution >= 4 is 35.6 Å². The Morgan fingerprint density at radius 3 is 1.93 bits per heavy atom. The SMILES string of the molecule is CC(C)CC(NC(=O)C(N)CCC(=O)O)C(=O)NCC(=O)NC(CC(=O)O)C(=O)O. The van der Waals surface area contributed by atoms with Gasteiger partial charge in [0.2, 0.25) is 17.7 Å². The van der Waals surface area contributed by atoms with Crippen molar-refractivity contribution in [3.63, 3.8) is 0 Å². The van der Waals surface area contributed by atoms with E-state index in [0.717, 1.165) is 0 Å². The van der Waals surface area contributed by atoms with Gasteiger partial charge in [0.05, 0.1) is 19.0 Å². The summed E-state index contributed by atoms with van der Waals surface area (Å²) in [7, 11) is 0. The second kappa shape index (κ2) is 13.1. The summed E-state index contributed by atoms with van der Waals surface area (Å²) in [4.78, 5) is 68.4. The van der Waals surface area contributed by atoms with E-state index in [1.165, 1.54) is 0 Å². The molecule has 0 aromatic heterocycles. The van der Waals surface area contributed by atoms with Crippen LogP contribution in [0.25, 0.3) is 0 Å². The number of carbonyl (C=O) groups is 6. The molecule has 0 saturated heterocycles. The molecule has 3 amide bonds. The molecule has 0 aliphatic rings. The van der Waals surface area contributed by atoms with Crippen LogP contribution in [-0.2, 0) is 28.8 Å². The Morgan fingerprint density at radius 2 is 1.47 bits per heavy atom. The molecule has 8 N–H and O–H groups in total. The van der Waals surface area contributed by atoms with Gasteiger partial charge in [-0.2, -0.15) is 0 Å². The van der Waals surface area contributed by atoms with Crippen LogP contribution in [-0.4, -0.2) is 75.6 Å². The Morgan fingerprint density at radius 1 is 0.867 bits per heavy atom. The third kappa shape index (κ3) is 11.6. The molecule has 0 bridgehead atoms. The summed E-state index contributed by atoms with van der Waals surface area (Å²) in [5.74, 6) is -6.51. The second-order valence-corrected chi connectivity index (χ2v) is 7.00. The van der Waals surface area contributed by atoms with Crippen LogP contribution < -0.4 is 21.7 Å². The Labute approximate surface area is 172 Å². The number of amides is 3. The Balaban J connectivity index is 4.85. The number of hydrogen-bond acceptors (Lipinski definition) is 7. The van der Waals surface area contributed by atoms with E-state index >= 15 is 0 Å². The van der Waals surface area contributed by atoms with Gasteiger partial charge in [-0.05, 0) is 18.8 Å². The third-order valence-electron chi connectivity index (χ3n) is 3.78. The van der Waals surface area contributed by atoms with Gasteiger partial charge in [0.15, 0.2) is 0 Å². The molecule has 3 atom stereocenters. The van der Waals surface area contributed by atoms with E-state index in [1.807, 2.05) is 5.32 Å². The Bertz CT molecular complexity index is 666. The summed E-state index contributed by atoms with van der Waals surface area (Å²) in [6.45, 7) is 2.93. The molecule has 0 heterocycles.